The fraction of sp³-hybridized carbons (Fsp3) is 0.771. The number of hydrogen-bond acceptors (Lipinski definition) is 10. The van der Waals surface area contributed by atoms with Crippen LogP contribution in [0.1, 0.15) is 284 Å². The largest absolute Gasteiger partial charge is 0.454 e. The van der Waals surface area contributed by atoms with E-state index in [9.17, 15) is 35.1 Å². The van der Waals surface area contributed by atoms with Crippen LogP contribution in [0, 0.1) is 0 Å². The van der Waals surface area contributed by atoms with Crippen LogP contribution in [0.5, 0.6) is 0 Å². The Morgan fingerprint density at radius 3 is 1.35 bits per heavy atom. The highest BCUT2D eigenvalue weighted by Gasteiger charge is 2.47. The number of nitrogens with one attached hydrogen (secondary N) is 1. The minimum absolute atomic E-state index is 0.107. The van der Waals surface area contributed by atoms with Gasteiger partial charge in [-0.25, -0.2) is 0 Å². The molecule has 1 saturated heterocycles. The number of unbranched alkanes of at least 4 members (excludes halogenated alkanes) is 30. The zero-order valence-corrected chi connectivity index (χ0v) is 51.9. The summed E-state index contributed by atoms with van der Waals surface area (Å²) in [5, 5.41) is 57.1. The summed E-state index contributed by atoms with van der Waals surface area (Å²) in [6, 6.07) is -1.03. The van der Waals surface area contributed by atoms with Crippen molar-refractivity contribution in [3.05, 3.63) is 85.1 Å². The summed E-state index contributed by atoms with van der Waals surface area (Å²) in [6.45, 7) is 5.67. The Labute approximate surface area is 495 Å². The minimum atomic E-state index is -1.62. The van der Waals surface area contributed by atoms with Gasteiger partial charge in [-0.3, -0.25) is 9.59 Å². The van der Waals surface area contributed by atoms with Crippen molar-refractivity contribution in [2.45, 2.75) is 333 Å². The number of carbonyl (C=O) groups excluding carboxylic acids is 2. The molecule has 468 valence electrons. The van der Waals surface area contributed by atoms with Gasteiger partial charge in [0.15, 0.2) is 12.4 Å². The number of allylic oxidation sites excluding steroid dienone is 13. The van der Waals surface area contributed by atoms with Gasteiger partial charge in [-0.2, -0.15) is 0 Å². The van der Waals surface area contributed by atoms with Gasteiger partial charge in [0.05, 0.1) is 25.4 Å². The van der Waals surface area contributed by atoms with E-state index in [0.29, 0.717) is 12.8 Å². The average molecular weight is 1140 g/mol. The standard InChI is InChI=1S/C70H123NO10/c1-4-7-10-13-16-19-22-24-26-28-30-31-32-33-34-36-38-40-43-46-49-52-55-58-65(75)81-68-67(77)66(76)64(59-72)80-70(68)79-60-61(62(73)56-53-50-47-44-41-21-18-15-12-9-6-3)71-69(78)63(74)57-54-51-48-45-42-39-37-35-29-27-25-23-20-17-14-11-8-5-2/h7,10,16,19,24-27,30-31,33-34,53,56,61-64,66-68,70,72-74,76-77H,4-6,8-9,11-15,17-18,20-23,28-29,32,35-52,54-55,57-60H2,1-3H3,(H,71,78)/b10-7-,19-16-,26-24-,27-25+,31-30-,34-33-,56-53+. The first-order chi connectivity index (χ1) is 39.7. The molecule has 0 saturated carbocycles. The molecule has 1 aliphatic rings. The molecule has 0 aromatic rings. The summed E-state index contributed by atoms with van der Waals surface area (Å²) < 4.78 is 17.6. The molecule has 11 heteroatoms. The highest BCUT2D eigenvalue weighted by molar-refractivity contribution is 5.80. The minimum Gasteiger partial charge on any atom is -0.454 e. The van der Waals surface area contributed by atoms with Crippen molar-refractivity contribution < 1.29 is 49.3 Å². The number of aliphatic hydroxyl groups is 5. The Bertz CT molecular complexity index is 1640. The van der Waals surface area contributed by atoms with E-state index >= 15 is 0 Å². The van der Waals surface area contributed by atoms with Gasteiger partial charge in [0.1, 0.15) is 24.4 Å². The molecule has 81 heavy (non-hydrogen) atoms. The summed E-state index contributed by atoms with van der Waals surface area (Å²) in [5.41, 5.74) is 0. The average Bonchev–Trinajstić information content (AvgIpc) is 3.50. The maximum absolute atomic E-state index is 13.4. The molecule has 0 spiro atoms. The van der Waals surface area contributed by atoms with Gasteiger partial charge in [-0.15, -0.1) is 0 Å². The predicted molar refractivity (Wildman–Crippen MR) is 338 cm³/mol. The lowest BCUT2D eigenvalue weighted by atomic mass is 9.99. The van der Waals surface area contributed by atoms with E-state index in [1.807, 2.05) is 6.08 Å². The topological polar surface area (TPSA) is 175 Å². The lowest BCUT2D eigenvalue weighted by Crippen LogP contribution is -2.61. The second kappa shape index (κ2) is 57.3. The molecule has 1 rings (SSSR count). The third-order valence-corrected chi connectivity index (χ3v) is 15.3. The second-order valence-corrected chi connectivity index (χ2v) is 22.8. The van der Waals surface area contributed by atoms with E-state index in [4.69, 9.17) is 14.2 Å². The lowest BCUT2D eigenvalue weighted by molar-refractivity contribution is -0.305. The van der Waals surface area contributed by atoms with Gasteiger partial charge in [-0.05, 0) is 96.3 Å². The molecular weight excluding hydrogens is 1010 g/mol. The van der Waals surface area contributed by atoms with Crippen LogP contribution < -0.4 is 5.32 Å². The molecule has 0 radical (unpaired) electrons. The summed E-state index contributed by atoms with van der Waals surface area (Å²) in [5.74, 6) is -1.21. The lowest BCUT2D eigenvalue weighted by Gasteiger charge is -2.41. The Hall–Kier alpha value is -3.16. The zero-order chi connectivity index (χ0) is 58.9. The first-order valence-corrected chi connectivity index (χ1v) is 33.4. The van der Waals surface area contributed by atoms with Crippen molar-refractivity contribution in [3.63, 3.8) is 0 Å². The van der Waals surface area contributed by atoms with Crippen molar-refractivity contribution in [2.24, 2.45) is 0 Å². The Morgan fingerprint density at radius 1 is 0.494 bits per heavy atom. The van der Waals surface area contributed by atoms with E-state index in [-0.39, 0.29) is 19.4 Å². The van der Waals surface area contributed by atoms with Crippen LogP contribution in [0.15, 0.2) is 85.1 Å². The molecule has 1 fully saturated rings. The van der Waals surface area contributed by atoms with Gasteiger partial charge in [0, 0.05) is 6.42 Å². The molecule has 6 N–H and O–H groups in total. The summed E-state index contributed by atoms with van der Waals surface area (Å²) in [6.07, 6.45) is 64.7. The van der Waals surface area contributed by atoms with Gasteiger partial charge >= 0.3 is 5.97 Å². The quantitative estimate of drug-likeness (QED) is 0.0195. The van der Waals surface area contributed by atoms with Crippen LogP contribution in [0.25, 0.3) is 0 Å². The van der Waals surface area contributed by atoms with Crippen LogP contribution in [-0.2, 0) is 23.8 Å². The maximum atomic E-state index is 13.4. The van der Waals surface area contributed by atoms with Crippen molar-refractivity contribution in [3.8, 4) is 0 Å². The third-order valence-electron chi connectivity index (χ3n) is 15.3. The van der Waals surface area contributed by atoms with Gasteiger partial charge in [0.2, 0.25) is 5.91 Å². The molecule has 0 aliphatic carbocycles. The van der Waals surface area contributed by atoms with Crippen LogP contribution in [0.4, 0.5) is 0 Å². The van der Waals surface area contributed by atoms with Crippen molar-refractivity contribution >= 4 is 11.9 Å². The van der Waals surface area contributed by atoms with E-state index in [1.165, 1.54) is 116 Å². The number of carbonyl (C=O) groups is 2. The first-order valence-electron chi connectivity index (χ1n) is 33.4. The summed E-state index contributed by atoms with van der Waals surface area (Å²) >= 11 is 0. The third kappa shape index (κ3) is 45.0. The highest BCUT2D eigenvalue weighted by atomic mass is 16.7. The number of aliphatic hydroxyl groups excluding tert-OH is 5. The molecule has 0 bridgehead atoms. The molecule has 8 unspecified atom stereocenters. The number of rotatable bonds is 56. The summed E-state index contributed by atoms with van der Waals surface area (Å²) in [7, 11) is 0. The Kier molecular flexibility index (Phi) is 53.6. The van der Waals surface area contributed by atoms with Crippen molar-refractivity contribution in [2.75, 3.05) is 13.2 Å². The summed E-state index contributed by atoms with van der Waals surface area (Å²) in [4.78, 5) is 26.6. The van der Waals surface area contributed by atoms with Crippen LogP contribution >= 0.6 is 0 Å². The molecule has 1 aliphatic heterocycles. The van der Waals surface area contributed by atoms with E-state index in [0.717, 1.165) is 122 Å². The number of hydrogen-bond donors (Lipinski definition) is 6. The molecule has 11 nitrogen and oxygen atoms in total. The fourth-order valence-corrected chi connectivity index (χ4v) is 10.0. The molecule has 1 heterocycles. The van der Waals surface area contributed by atoms with E-state index in [2.05, 4.69) is 99.0 Å². The van der Waals surface area contributed by atoms with Crippen molar-refractivity contribution in [1.29, 1.82) is 0 Å². The van der Waals surface area contributed by atoms with Gasteiger partial charge < -0.3 is 45.1 Å². The fourth-order valence-electron chi connectivity index (χ4n) is 10.0. The Balaban J connectivity index is 2.61. The first kappa shape index (κ1) is 75.9. The smallest absolute Gasteiger partial charge is 0.306 e. The van der Waals surface area contributed by atoms with Crippen LogP contribution in [0.2, 0.25) is 0 Å². The number of amides is 1. The van der Waals surface area contributed by atoms with Crippen molar-refractivity contribution in [1.82, 2.24) is 5.32 Å². The molecule has 0 aromatic carbocycles. The van der Waals surface area contributed by atoms with Gasteiger partial charge in [-0.1, -0.05) is 266 Å². The molecule has 1 amide bonds. The van der Waals surface area contributed by atoms with Crippen LogP contribution in [-0.4, -0.2) is 99.6 Å². The van der Waals surface area contributed by atoms with Crippen LogP contribution in [0.3, 0.4) is 0 Å². The highest BCUT2D eigenvalue weighted by Crippen LogP contribution is 2.26. The Morgan fingerprint density at radius 2 is 0.889 bits per heavy atom. The second-order valence-electron chi connectivity index (χ2n) is 22.8. The number of esters is 1. The van der Waals surface area contributed by atoms with E-state index < -0.39 is 67.4 Å². The van der Waals surface area contributed by atoms with Gasteiger partial charge in [0.25, 0.3) is 0 Å². The molecule has 0 aromatic heterocycles. The monoisotopic (exact) mass is 1140 g/mol. The normalized spacial score (nSPS) is 19.2. The number of ether oxygens (including phenoxy) is 3. The molecular formula is C70H123NO10. The molecule has 8 atom stereocenters. The predicted octanol–water partition coefficient (Wildman–Crippen LogP) is 16.5. The maximum Gasteiger partial charge on any atom is 0.306 e. The van der Waals surface area contributed by atoms with E-state index in [1.54, 1.807) is 6.08 Å². The SMILES string of the molecule is CC/C=C\C/C=C\C/C=C\C/C=C\C/C=C\CCCCCCCCCC(=O)OC1C(OCC(NC(=O)C(O)CCCCCCCCCC/C=C/CCCCCCCC)C(O)/C=C/CCCCCCCCCCC)OC(CO)C(O)C1O. The zero-order valence-electron chi connectivity index (χ0n) is 51.9.